The predicted molar refractivity (Wildman–Crippen MR) is 109 cm³/mol. The maximum absolute atomic E-state index is 5.49. The van der Waals surface area contributed by atoms with E-state index in [1.807, 2.05) is 22.8 Å². The molecule has 0 aliphatic carbocycles. The zero-order valence-electron chi connectivity index (χ0n) is 16.5. The van der Waals surface area contributed by atoms with Crippen LogP contribution >= 0.6 is 0 Å². The van der Waals surface area contributed by atoms with Crippen molar-refractivity contribution in [3.63, 3.8) is 0 Å². The number of hydrogen-bond acceptors (Lipinski definition) is 5. The van der Waals surface area contributed by atoms with Gasteiger partial charge in [0.2, 0.25) is 0 Å². The van der Waals surface area contributed by atoms with E-state index in [-0.39, 0.29) is 0 Å². The molecule has 1 unspecified atom stereocenters. The quantitative estimate of drug-likeness (QED) is 0.617. The molecule has 4 rings (SSSR count). The molecule has 2 aliphatic heterocycles. The van der Waals surface area contributed by atoms with Gasteiger partial charge in [-0.25, -0.2) is 4.99 Å². The number of para-hydroxylation sites is 1. The molecule has 2 fully saturated rings. The number of nitrogens with one attached hydrogen (secondary N) is 1. The minimum Gasteiger partial charge on any atom is -0.379 e. The van der Waals surface area contributed by atoms with Crippen LogP contribution in [0.5, 0.6) is 0 Å². The van der Waals surface area contributed by atoms with Gasteiger partial charge in [0.1, 0.15) is 12.9 Å². The number of nitrogens with zero attached hydrogens (tertiary/aromatic N) is 6. The van der Waals surface area contributed by atoms with Crippen molar-refractivity contribution in [3.8, 4) is 5.69 Å². The molecule has 2 aromatic rings. The second kappa shape index (κ2) is 9.16. The molecule has 1 aromatic heterocycles. The molecule has 8 nitrogen and oxygen atoms in total. The average molecular weight is 384 g/mol. The summed E-state index contributed by atoms with van der Waals surface area (Å²) in [5, 5.41) is 11.8. The first-order valence-corrected chi connectivity index (χ1v) is 10.1. The molecular weight excluding hydrogens is 354 g/mol. The van der Waals surface area contributed by atoms with Crippen LogP contribution in [0.3, 0.4) is 0 Å². The van der Waals surface area contributed by atoms with Crippen molar-refractivity contribution < 1.29 is 4.74 Å². The van der Waals surface area contributed by atoms with Crippen LogP contribution in [0, 0.1) is 0 Å². The third-order valence-electron chi connectivity index (χ3n) is 5.38. The monoisotopic (exact) mass is 383 g/mol. The SMILES string of the molecule is CCNC(=NCc1nncn1-c1ccccc1)N1CCC(N2CCOCC2)C1. The largest absolute Gasteiger partial charge is 0.379 e. The molecule has 1 atom stereocenters. The van der Waals surface area contributed by atoms with Gasteiger partial charge >= 0.3 is 0 Å². The summed E-state index contributed by atoms with van der Waals surface area (Å²) in [5.41, 5.74) is 1.05. The van der Waals surface area contributed by atoms with Crippen LogP contribution in [-0.2, 0) is 11.3 Å². The van der Waals surface area contributed by atoms with Gasteiger partial charge in [0, 0.05) is 44.5 Å². The fraction of sp³-hybridized carbons (Fsp3) is 0.550. The highest BCUT2D eigenvalue weighted by Gasteiger charge is 2.30. The number of guanidine groups is 1. The standard InChI is InChI=1S/C20H29N7O/c1-2-21-20(26-9-8-18(15-26)25-10-12-28-13-11-25)22-14-19-24-23-16-27(19)17-6-4-3-5-7-17/h3-7,16,18H,2,8-15H2,1H3,(H,21,22). The maximum Gasteiger partial charge on any atom is 0.194 e. The van der Waals surface area contributed by atoms with Crippen LogP contribution < -0.4 is 5.32 Å². The minimum absolute atomic E-state index is 0.496. The lowest BCUT2D eigenvalue weighted by molar-refractivity contribution is 0.0195. The van der Waals surface area contributed by atoms with Gasteiger partial charge in [-0.1, -0.05) is 18.2 Å². The van der Waals surface area contributed by atoms with Crippen LogP contribution in [0.2, 0.25) is 0 Å². The van der Waals surface area contributed by atoms with Crippen molar-refractivity contribution in [2.45, 2.75) is 25.9 Å². The molecule has 8 heteroatoms. The minimum atomic E-state index is 0.496. The molecule has 0 bridgehead atoms. The highest BCUT2D eigenvalue weighted by molar-refractivity contribution is 5.80. The smallest absolute Gasteiger partial charge is 0.194 e. The van der Waals surface area contributed by atoms with Crippen molar-refractivity contribution in [3.05, 3.63) is 42.5 Å². The van der Waals surface area contributed by atoms with Gasteiger partial charge in [-0.3, -0.25) is 9.47 Å². The maximum atomic E-state index is 5.49. The number of rotatable bonds is 5. The number of hydrogen-bond donors (Lipinski definition) is 1. The summed E-state index contributed by atoms with van der Waals surface area (Å²) < 4.78 is 7.49. The van der Waals surface area contributed by atoms with E-state index in [0.29, 0.717) is 12.6 Å². The van der Waals surface area contributed by atoms with E-state index in [1.54, 1.807) is 6.33 Å². The summed E-state index contributed by atoms with van der Waals surface area (Å²) in [6, 6.07) is 10.7. The van der Waals surface area contributed by atoms with Crippen molar-refractivity contribution in [1.82, 2.24) is 29.9 Å². The fourth-order valence-corrected chi connectivity index (χ4v) is 3.92. The molecule has 0 amide bonds. The summed E-state index contributed by atoms with van der Waals surface area (Å²) in [6.45, 7) is 9.26. The molecule has 1 aromatic carbocycles. The summed E-state index contributed by atoms with van der Waals surface area (Å²) in [6.07, 6.45) is 2.92. The van der Waals surface area contributed by atoms with Crippen LogP contribution in [-0.4, -0.2) is 82.5 Å². The molecule has 3 heterocycles. The van der Waals surface area contributed by atoms with E-state index in [1.165, 1.54) is 6.42 Å². The third-order valence-corrected chi connectivity index (χ3v) is 5.38. The number of aromatic nitrogens is 3. The van der Waals surface area contributed by atoms with Gasteiger partial charge in [-0.05, 0) is 25.5 Å². The first kappa shape index (κ1) is 18.9. The van der Waals surface area contributed by atoms with Crippen LogP contribution in [0.15, 0.2) is 41.7 Å². The van der Waals surface area contributed by atoms with E-state index in [0.717, 1.165) is 63.4 Å². The molecule has 2 saturated heterocycles. The van der Waals surface area contributed by atoms with Crippen LogP contribution in [0.25, 0.3) is 5.69 Å². The Morgan fingerprint density at radius 3 is 2.82 bits per heavy atom. The highest BCUT2D eigenvalue weighted by Crippen LogP contribution is 2.17. The second-order valence-corrected chi connectivity index (χ2v) is 7.16. The second-order valence-electron chi connectivity index (χ2n) is 7.16. The molecule has 0 spiro atoms. The lowest BCUT2D eigenvalue weighted by atomic mass is 10.2. The Morgan fingerprint density at radius 2 is 2.04 bits per heavy atom. The van der Waals surface area contributed by atoms with Crippen molar-refractivity contribution in [2.24, 2.45) is 4.99 Å². The molecule has 1 N–H and O–H groups in total. The van der Waals surface area contributed by atoms with Gasteiger partial charge < -0.3 is 15.0 Å². The molecular formula is C20H29N7O. The Kier molecular flexibility index (Phi) is 6.18. The highest BCUT2D eigenvalue weighted by atomic mass is 16.5. The molecule has 28 heavy (non-hydrogen) atoms. The zero-order chi connectivity index (χ0) is 19.2. The number of benzene rings is 1. The molecule has 0 saturated carbocycles. The third kappa shape index (κ3) is 4.34. The summed E-state index contributed by atoms with van der Waals surface area (Å²) in [5.74, 6) is 1.80. The molecule has 2 aliphatic rings. The summed E-state index contributed by atoms with van der Waals surface area (Å²) in [7, 11) is 0. The van der Waals surface area contributed by atoms with Gasteiger partial charge in [0.05, 0.1) is 13.2 Å². The Balaban J connectivity index is 1.44. The normalized spacial score (nSPS) is 21.2. The van der Waals surface area contributed by atoms with E-state index < -0.39 is 0 Å². The summed E-state index contributed by atoms with van der Waals surface area (Å²) in [4.78, 5) is 9.79. The number of likely N-dealkylation sites (tertiary alicyclic amines) is 1. The number of ether oxygens (including phenoxy) is 1. The average Bonchev–Trinajstić information content (AvgIpc) is 3.42. The topological polar surface area (TPSA) is 70.8 Å². The Morgan fingerprint density at radius 1 is 1.21 bits per heavy atom. The van der Waals surface area contributed by atoms with Crippen LogP contribution in [0.4, 0.5) is 0 Å². The van der Waals surface area contributed by atoms with Gasteiger partial charge in [-0.15, -0.1) is 10.2 Å². The summed E-state index contributed by atoms with van der Waals surface area (Å²) >= 11 is 0. The first-order chi connectivity index (χ1) is 13.8. The Hall–Kier alpha value is -2.45. The zero-order valence-corrected chi connectivity index (χ0v) is 16.5. The fourth-order valence-electron chi connectivity index (χ4n) is 3.92. The Labute approximate surface area is 166 Å². The predicted octanol–water partition coefficient (Wildman–Crippen LogP) is 1.14. The van der Waals surface area contributed by atoms with Crippen molar-refractivity contribution in [1.29, 1.82) is 0 Å². The number of morpholine rings is 1. The van der Waals surface area contributed by atoms with Crippen molar-refractivity contribution in [2.75, 3.05) is 45.9 Å². The van der Waals surface area contributed by atoms with Crippen LogP contribution in [0.1, 0.15) is 19.2 Å². The first-order valence-electron chi connectivity index (χ1n) is 10.1. The lowest BCUT2D eigenvalue weighted by Gasteiger charge is -2.32. The Bertz CT molecular complexity index is 770. The molecule has 0 radical (unpaired) electrons. The molecule has 150 valence electrons. The van der Waals surface area contributed by atoms with E-state index in [9.17, 15) is 0 Å². The van der Waals surface area contributed by atoms with Gasteiger partial charge in [-0.2, -0.15) is 0 Å². The van der Waals surface area contributed by atoms with Gasteiger partial charge in [0.25, 0.3) is 0 Å². The van der Waals surface area contributed by atoms with E-state index in [4.69, 9.17) is 9.73 Å². The van der Waals surface area contributed by atoms with Gasteiger partial charge in [0.15, 0.2) is 11.8 Å². The van der Waals surface area contributed by atoms with E-state index >= 15 is 0 Å². The van der Waals surface area contributed by atoms with E-state index in [2.05, 4.69) is 44.4 Å². The van der Waals surface area contributed by atoms with Crippen molar-refractivity contribution >= 4 is 5.96 Å². The number of aliphatic imine (C=N–C) groups is 1. The lowest BCUT2D eigenvalue weighted by Crippen LogP contribution is -2.46.